The molecule has 0 saturated heterocycles. The molecule has 4 heteroatoms. The first-order valence-corrected chi connectivity index (χ1v) is 6.14. The van der Waals surface area contributed by atoms with Gasteiger partial charge in [-0.3, -0.25) is 0 Å². The molecule has 0 fully saturated rings. The zero-order valence-corrected chi connectivity index (χ0v) is 10.0. The van der Waals surface area contributed by atoms with Crippen LogP contribution in [0.15, 0.2) is 23.4 Å². The van der Waals surface area contributed by atoms with E-state index in [0.29, 0.717) is 6.04 Å². The van der Waals surface area contributed by atoms with E-state index in [4.69, 9.17) is 5.11 Å². The van der Waals surface area contributed by atoms with E-state index < -0.39 is 0 Å². The lowest BCUT2D eigenvalue weighted by atomic mass is 10.1. The molecular formula is C11H18N2OS. The van der Waals surface area contributed by atoms with E-state index in [2.05, 4.69) is 23.3 Å². The minimum absolute atomic E-state index is 0.247. The van der Waals surface area contributed by atoms with Crippen LogP contribution in [0.2, 0.25) is 0 Å². The molecule has 0 radical (unpaired) electrons. The van der Waals surface area contributed by atoms with Crippen LogP contribution in [0.4, 0.5) is 0 Å². The smallest absolute Gasteiger partial charge is 0.101 e. The minimum atomic E-state index is 0.247. The molecule has 1 aromatic heterocycles. The highest BCUT2D eigenvalue weighted by molar-refractivity contribution is 7.99. The molecule has 1 aromatic rings. The van der Waals surface area contributed by atoms with Crippen LogP contribution in [0.5, 0.6) is 0 Å². The first kappa shape index (κ1) is 12.5. The van der Waals surface area contributed by atoms with Crippen molar-refractivity contribution in [1.82, 2.24) is 10.3 Å². The monoisotopic (exact) mass is 226 g/mol. The van der Waals surface area contributed by atoms with Crippen LogP contribution in [0.25, 0.3) is 0 Å². The second-order valence-electron chi connectivity index (χ2n) is 3.33. The number of pyridine rings is 1. The van der Waals surface area contributed by atoms with E-state index in [-0.39, 0.29) is 6.61 Å². The van der Waals surface area contributed by atoms with Crippen molar-refractivity contribution in [2.45, 2.75) is 24.4 Å². The summed E-state index contributed by atoms with van der Waals surface area (Å²) in [7, 11) is 1.94. The average Bonchev–Trinajstić information content (AvgIpc) is 2.29. The Morgan fingerprint density at radius 3 is 3.07 bits per heavy atom. The molecule has 2 N–H and O–H groups in total. The Hall–Kier alpha value is -0.580. The lowest BCUT2D eigenvalue weighted by molar-refractivity contribution is 0.296. The Morgan fingerprint density at radius 2 is 2.40 bits per heavy atom. The number of aliphatic hydroxyl groups is 1. The van der Waals surface area contributed by atoms with Gasteiger partial charge < -0.3 is 10.4 Å². The summed E-state index contributed by atoms with van der Waals surface area (Å²) in [5, 5.41) is 13.0. The van der Waals surface area contributed by atoms with Gasteiger partial charge in [0.15, 0.2) is 0 Å². The molecular weight excluding hydrogens is 208 g/mol. The molecule has 0 saturated carbocycles. The van der Waals surface area contributed by atoms with Crippen LogP contribution in [-0.2, 0) is 0 Å². The molecule has 1 rings (SSSR count). The van der Waals surface area contributed by atoms with Gasteiger partial charge in [-0.25, -0.2) is 4.98 Å². The van der Waals surface area contributed by atoms with Crippen molar-refractivity contribution in [3.63, 3.8) is 0 Å². The number of aliphatic hydroxyl groups excluding tert-OH is 1. The van der Waals surface area contributed by atoms with E-state index in [1.165, 1.54) is 5.56 Å². The fourth-order valence-electron chi connectivity index (χ4n) is 1.24. The summed E-state index contributed by atoms with van der Waals surface area (Å²) in [6, 6.07) is 4.37. The zero-order chi connectivity index (χ0) is 11.1. The highest BCUT2D eigenvalue weighted by atomic mass is 32.2. The Bertz CT molecular complexity index is 294. The third-order valence-electron chi connectivity index (χ3n) is 2.24. The van der Waals surface area contributed by atoms with Gasteiger partial charge in [0.25, 0.3) is 0 Å². The maximum Gasteiger partial charge on any atom is 0.101 e. The van der Waals surface area contributed by atoms with E-state index in [9.17, 15) is 0 Å². The fourth-order valence-corrected chi connectivity index (χ4v) is 2.26. The zero-order valence-electron chi connectivity index (χ0n) is 9.23. The Labute approximate surface area is 95.3 Å². The van der Waals surface area contributed by atoms with Gasteiger partial charge in [-0.15, -0.1) is 11.8 Å². The summed E-state index contributed by atoms with van der Waals surface area (Å²) in [6.45, 7) is 2.36. The van der Waals surface area contributed by atoms with Crippen LogP contribution in [-0.4, -0.2) is 29.5 Å². The van der Waals surface area contributed by atoms with Crippen molar-refractivity contribution >= 4 is 11.8 Å². The van der Waals surface area contributed by atoms with Gasteiger partial charge in [0, 0.05) is 30.2 Å². The number of rotatable bonds is 6. The Kier molecular flexibility index (Phi) is 5.68. The van der Waals surface area contributed by atoms with Gasteiger partial charge in [0.05, 0.1) is 0 Å². The molecule has 0 aliphatic heterocycles. The van der Waals surface area contributed by atoms with Crippen LogP contribution in [0, 0.1) is 0 Å². The van der Waals surface area contributed by atoms with Crippen LogP contribution >= 0.6 is 11.8 Å². The van der Waals surface area contributed by atoms with Crippen LogP contribution in [0.3, 0.4) is 0 Å². The summed E-state index contributed by atoms with van der Waals surface area (Å²) < 4.78 is 0. The number of hydrogen-bond acceptors (Lipinski definition) is 4. The van der Waals surface area contributed by atoms with Crippen LogP contribution < -0.4 is 5.32 Å². The highest BCUT2D eigenvalue weighted by Crippen LogP contribution is 2.25. The van der Waals surface area contributed by atoms with Gasteiger partial charge in [0.2, 0.25) is 0 Å². The van der Waals surface area contributed by atoms with E-state index in [1.54, 1.807) is 11.8 Å². The van der Waals surface area contributed by atoms with Crippen LogP contribution in [0.1, 0.15) is 24.9 Å². The fraction of sp³-hybridized carbons (Fsp3) is 0.545. The Balaban J connectivity index is 2.68. The van der Waals surface area contributed by atoms with E-state index >= 15 is 0 Å². The third-order valence-corrected chi connectivity index (χ3v) is 3.35. The summed E-state index contributed by atoms with van der Waals surface area (Å²) in [6.07, 6.45) is 2.63. The molecule has 0 aliphatic carbocycles. The van der Waals surface area contributed by atoms with E-state index in [1.807, 2.05) is 19.3 Å². The molecule has 84 valence electrons. The molecule has 0 aliphatic rings. The number of hydrogen-bond donors (Lipinski definition) is 2. The largest absolute Gasteiger partial charge is 0.396 e. The second kappa shape index (κ2) is 6.82. The summed E-state index contributed by atoms with van der Waals surface area (Å²) in [5.74, 6) is 0.914. The van der Waals surface area contributed by atoms with Gasteiger partial charge in [0.1, 0.15) is 5.03 Å². The molecule has 0 amide bonds. The maximum absolute atomic E-state index is 8.72. The van der Waals surface area contributed by atoms with Crippen molar-refractivity contribution in [3.05, 3.63) is 23.9 Å². The normalized spacial score (nSPS) is 12.7. The number of nitrogens with zero attached hydrogens (tertiary/aromatic N) is 1. The highest BCUT2D eigenvalue weighted by Gasteiger charge is 2.09. The molecule has 15 heavy (non-hydrogen) atoms. The average molecular weight is 226 g/mol. The van der Waals surface area contributed by atoms with Gasteiger partial charge in [-0.2, -0.15) is 0 Å². The predicted molar refractivity (Wildman–Crippen MR) is 64.1 cm³/mol. The summed E-state index contributed by atoms with van der Waals surface area (Å²) in [4.78, 5) is 4.36. The topological polar surface area (TPSA) is 45.2 Å². The first-order chi connectivity index (χ1) is 7.29. The molecule has 3 nitrogen and oxygen atoms in total. The molecule has 1 unspecified atom stereocenters. The predicted octanol–water partition coefficient (Wildman–Crippen LogP) is 1.84. The van der Waals surface area contributed by atoms with Crippen molar-refractivity contribution in [2.24, 2.45) is 0 Å². The first-order valence-electron chi connectivity index (χ1n) is 5.15. The lowest BCUT2D eigenvalue weighted by Gasteiger charge is -2.13. The lowest BCUT2D eigenvalue weighted by Crippen LogP contribution is -2.13. The van der Waals surface area contributed by atoms with E-state index in [0.717, 1.165) is 17.2 Å². The SMILES string of the molecule is CNC(C)c1cccnc1SCCCO. The molecule has 0 bridgehead atoms. The van der Waals surface area contributed by atoms with Crippen molar-refractivity contribution in [1.29, 1.82) is 0 Å². The summed E-state index contributed by atoms with van der Waals surface area (Å²) in [5.41, 5.74) is 1.22. The molecule has 0 spiro atoms. The standard InChI is InChI=1S/C11H18N2OS/c1-9(12-2)10-5-3-6-13-11(10)15-8-4-7-14/h3,5-6,9,12,14H,4,7-8H2,1-2H3. The number of thioether (sulfide) groups is 1. The molecule has 0 aromatic carbocycles. The molecule has 1 heterocycles. The summed E-state index contributed by atoms with van der Waals surface area (Å²) >= 11 is 1.70. The van der Waals surface area contributed by atoms with Crippen molar-refractivity contribution in [3.8, 4) is 0 Å². The number of aromatic nitrogens is 1. The minimum Gasteiger partial charge on any atom is -0.396 e. The second-order valence-corrected chi connectivity index (χ2v) is 4.42. The van der Waals surface area contributed by atoms with Gasteiger partial charge in [-0.1, -0.05) is 6.07 Å². The quantitative estimate of drug-likeness (QED) is 0.574. The maximum atomic E-state index is 8.72. The van der Waals surface area contributed by atoms with Gasteiger partial charge >= 0.3 is 0 Å². The van der Waals surface area contributed by atoms with Crippen molar-refractivity contribution < 1.29 is 5.11 Å². The third kappa shape index (κ3) is 3.81. The van der Waals surface area contributed by atoms with Crippen molar-refractivity contribution in [2.75, 3.05) is 19.4 Å². The number of nitrogens with one attached hydrogen (secondary N) is 1. The van der Waals surface area contributed by atoms with Gasteiger partial charge in [-0.05, 0) is 26.5 Å². The molecule has 1 atom stereocenters. The Morgan fingerprint density at radius 1 is 1.60 bits per heavy atom.